The fraction of sp³-hybridized carbons (Fsp3) is 0.533. The van der Waals surface area contributed by atoms with Crippen molar-refractivity contribution >= 4 is 17.5 Å². The lowest BCUT2D eigenvalue weighted by atomic mass is 9.97. The summed E-state index contributed by atoms with van der Waals surface area (Å²) in [6, 6.07) is 1.56. The molecule has 1 atom stereocenters. The van der Waals surface area contributed by atoms with Gasteiger partial charge in [-0.15, -0.1) is 0 Å². The van der Waals surface area contributed by atoms with Crippen LogP contribution in [0.3, 0.4) is 0 Å². The molecule has 0 amide bonds. The normalized spacial score (nSPS) is 17.8. The van der Waals surface area contributed by atoms with Gasteiger partial charge in [-0.3, -0.25) is 10.1 Å². The number of hydrogen-bond acceptors (Lipinski definition) is 8. The van der Waals surface area contributed by atoms with Crippen molar-refractivity contribution in [3.8, 4) is 0 Å². The van der Waals surface area contributed by atoms with E-state index in [1.807, 2.05) is 21.0 Å². The van der Waals surface area contributed by atoms with Crippen LogP contribution in [0.2, 0.25) is 0 Å². The minimum absolute atomic E-state index is 0.0114. The predicted molar refractivity (Wildman–Crippen MR) is 88.4 cm³/mol. The van der Waals surface area contributed by atoms with Gasteiger partial charge in [-0.25, -0.2) is 4.98 Å². The second-order valence-corrected chi connectivity index (χ2v) is 6.20. The molecule has 1 fully saturated rings. The lowest BCUT2D eigenvalue weighted by Crippen LogP contribution is -2.35. The van der Waals surface area contributed by atoms with Gasteiger partial charge in [0, 0.05) is 33.3 Å². The fourth-order valence-electron chi connectivity index (χ4n) is 2.93. The Balaban J connectivity index is 1.79. The second-order valence-electron chi connectivity index (χ2n) is 6.20. The minimum Gasteiger partial charge on any atom is -0.356 e. The molecule has 2 aromatic heterocycles. The zero-order valence-corrected chi connectivity index (χ0v) is 14.0. The number of nitrogens with zero attached hydrogens (tertiary/aromatic N) is 6. The van der Waals surface area contributed by atoms with E-state index in [1.165, 1.54) is 6.20 Å². The smallest absolute Gasteiger partial charge is 0.287 e. The van der Waals surface area contributed by atoms with Crippen molar-refractivity contribution < 1.29 is 9.45 Å². The average Bonchev–Trinajstić information content (AvgIpc) is 3.05. The molecule has 3 rings (SSSR count). The van der Waals surface area contributed by atoms with Gasteiger partial charge in [-0.2, -0.15) is 4.98 Å². The number of anilines is 2. The van der Waals surface area contributed by atoms with E-state index >= 15 is 0 Å². The highest BCUT2D eigenvalue weighted by Gasteiger charge is 2.28. The van der Waals surface area contributed by atoms with Crippen LogP contribution in [0, 0.1) is 17.0 Å². The van der Waals surface area contributed by atoms with E-state index in [1.54, 1.807) is 11.0 Å². The first-order chi connectivity index (χ1) is 11.5. The van der Waals surface area contributed by atoms with Crippen molar-refractivity contribution in [3.05, 3.63) is 33.8 Å². The Hall–Kier alpha value is -2.71. The van der Waals surface area contributed by atoms with Gasteiger partial charge < -0.3 is 14.3 Å². The molecule has 0 bridgehead atoms. The molecule has 0 aliphatic carbocycles. The third kappa shape index (κ3) is 3.15. The second kappa shape index (κ2) is 6.42. The fourth-order valence-corrected chi connectivity index (χ4v) is 2.93. The summed E-state index contributed by atoms with van der Waals surface area (Å²) < 4.78 is 5.39. The molecule has 0 unspecified atom stereocenters. The van der Waals surface area contributed by atoms with Gasteiger partial charge in [0.15, 0.2) is 0 Å². The largest absolute Gasteiger partial charge is 0.356 e. The van der Waals surface area contributed by atoms with E-state index in [0.29, 0.717) is 18.4 Å². The van der Waals surface area contributed by atoms with Crippen LogP contribution in [0.5, 0.6) is 0 Å². The summed E-state index contributed by atoms with van der Waals surface area (Å²) in [5.41, 5.74) is 0.807. The topological polar surface area (TPSA) is 101 Å². The molecule has 1 aliphatic heterocycles. The molecule has 9 heteroatoms. The highest BCUT2D eigenvalue weighted by Crippen LogP contribution is 2.31. The van der Waals surface area contributed by atoms with Crippen LogP contribution in [-0.2, 0) is 0 Å². The SMILES string of the molecule is Cc1cc([N+](=O)[O-])cnc1N1CCC[C@H](c2nc(N(C)C)no2)C1. The summed E-state index contributed by atoms with van der Waals surface area (Å²) in [6.07, 6.45) is 3.25. The van der Waals surface area contributed by atoms with Crippen molar-refractivity contribution in [2.75, 3.05) is 37.0 Å². The first kappa shape index (κ1) is 16.2. The minimum atomic E-state index is -0.427. The molecule has 24 heavy (non-hydrogen) atoms. The Kier molecular flexibility index (Phi) is 4.32. The molecular weight excluding hydrogens is 312 g/mol. The van der Waals surface area contributed by atoms with Crippen LogP contribution in [0.4, 0.5) is 17.5 Å². The number of nitro groups is 1. The van der Waals surface area contributed by atoms with Gasteiger partial charge in [0.1, 0.15) is 12.0 Å². The number of aryl methyl sites for hydroxylation is 1. The van der Waals surface area contributed by atoms with Crippen molar-refractivity contribution in [3.63, 3.8) is 0 Å². The lowest BCUT2D eigenvalue weighted by Gasteiger charge is -2.32. The zero-order valence-electron chi connectivity index (χ0n) is 14.0. The van der Waals surface area contributed by atoms with Gasteiger partial charge >= 0.3 is 0 Å². The van der Waals surface area contributed by atoms with E-state index in [4.69, 9.17) is 4.52 Å². The molecule has 9 nitrogen and oxygen atoms in total. The van der Waals surface area contributed by atoms with Crippen molar-refractivity contribution in [1.82, 2.24) is 15.1 Å². The number of piperidine rings is 1. The van der Waals surface area contributed by atoms with Gasteiger partial charge in [0.25, 0.3) is 11.6 Å². The number of rotatable bonds is 4. The third-order valence-electron chi connectivity index (χ3n) is 4.15. The third-order valence-corrected chi connectivity index (χ3v) is 4.15. The van der Waals surface area contributed by atoms with Crippen LogP contribution in [0.1, 0.15) is 30.2 Å². The summed E-state index contributed by atoms with van der Waals surface area (Å²) in [6.45, 7) is 3.41. The summed E-state index contributed by atoms with van der Waals surface area (Å²) in [7, 11) is 3.73. The maximum Gasteiger partial charge on any atom is 0.287 e. The van der Waals surface area contributed by atoms with Crippen LogP contribution >= 0.6 is 0 Å². The summed E-state index contributed by atoms with van der Waals surface area (Å²) >= 11 is 0. The molecule has 0 spiro atoms. The molecular formula is C15H20N6O3. The lowest BCUT2D eigenvalue weighted by molar-refractivity contribution is -0.385. The predicted octanol–water partition coefficient (Wildman–Crippen LogP) is 2.13. The van der Waals surface area contributed by atoms with E-state index in [9.17, 15) is 10.1 Å². The maximum absolute atomic E-state index is 10.9. The monoisotopic (exact) mass is 332 g/mol. The first-order valence-corrected chi connectivity index (χ1v) is 7.82. The Morgan fingerprint density at radius 2 is 2.25 bits per heavy atom. The average molecular weight is 332 g/mol. The summed E-state index contributed by atoms with van der Waals surface area (Å²) in [5.74, 6) is 2.10. The highest BCUT2D eigenvalue weighted by molar-refractivity contribution is 5.51. The van der Waals surface area contributed by atoms with Crippen LogP contribution in [0.15, 0.2) is 16.8 Å². The highest BCUT2D eigenvalue weighted by atomic mass is 16.6. The van der Waals surface area contributed by atoms with E-state index < -0.39 is 4.92 Å². The number of hydrogen-bond donors (Lipinski definition) is 0. The summed E-state index contributed by atoms with van der Waals surface area (Å²) in [5, 5.41) is 14.8. The standard InChI is InChI=1S/C15H20N6O3/c1-10-7-12(21(22)23)8-16-13(10)20-6-4-5-11(9-20)14-17-15(18-24-14)19(2)3/h7-8,11H,4-6,9H2,1-3H3/t11-/m0/s1. The first-order valence-electron chi connectivity index (χ1n) is 7.82. The van der Waals surface area contributed by atoms with Gasteiger partial charge in [-0.1, -0.05) is 0 Å². The van der Waals surface area contributed by atoms with Crippen LogP contribution in [-0.4, -0.2) is 47.2 Å². The van der Waals surface area contributed by atoms with Crippen molar-refractivity contribution in [1.29, 1.82) is 0 Å². The molecule has 0 radical (unpaired) electrons. The van der Waals surface area contributed by atoms with E-state index in [2.05, 4.69) is 20.0 Å². The molecule has 0 saturated carbocycles. The Labute approximate surface area is 139 Å². The van der Waals surface area contributed by atoms with E-state index in [-0.39, 0.29) is 11.6 Å². The number of aromatic nitrogens is 3. The molecule has 2 aromatic rings. The molecule has 1 aliphatic rings. The molecule has 0 N–H and O–H groups in total. The molecule has 3 heterocycles. The van der Waals surface area contributed by atoms with E-state index in [0.717, 1.165) is 30.8 Å². The Morgan fingerprint density at radius 1 is 1.46 bits per heavy atom. The molecule has 128 valence electrons. The van der Waals surface area contributed by atoms with Crippen LogP contribution < -0.4 is 9.80 Å². The summed E-state index contributed by atoms with van der Waals surface area (Å²) in [4.78, 5) is 23.1. The Morgan fingerprint density at radius 3 is 2.88 bits per heavy atom. The maximum atomic E-state index is 10.9. The molecule has 0 aromatic carbocycles. The zero-order chi connectivity index (χ0) is 17.3. The van der Waals surface area contributed by atoms with Crippen LogP contribution in [0.25, 0.3) is 0 Å². The van der Waals surface area contributed by atoms with Gasteiger partial charge in [0.2, 0.25) is 5.89 Å². The number of pyridine rings is 1. The van der Waals surface area contributed by atoms with Crippen molar-refractivity contribution in [2.24, 2.45) is 0 Å². The Bertz CT molecular complexity index is 745. The molecule has 1 saturated heterocycles. The quantitative estimate of drug-likeness (QED) is 0.620. The van der Waals surface area contributed by atoms with Gasteiger partial charge in [0.05, 0.1) is 10.8 Å². The van der Waals surface area contributed by atoms with Crippen molar-refractivity contribution in [2.45, 2.75) is 25.7 Å². The van der Waals surface area contributed by atoms with Gasteiger partial charge in [-0.05, 0) is 30.5 Å².